The number of piperidine rings is 1. The topological polar surface area (TPSA) is 68.5 Å². The summed E-state index contributed by atoms with van der Waals surface area (Å²) in [5.41, 5.74) is 5.53. The molecule has 0 aromatic carbocycles. The number of hydrogen-bond acceptors (Lipinski definition) is 4. The van der Waals surface area contributed by atoms with Crippen LogP contribution in [-0.4, -0.2) is 41.5 Å². The van der Waals surface area contributed by atoms with Gasteiger partial charge in [-0.3, -0.25) is 4.79 Å². The van der Waals surface area contributed by atoms with Crippen LogP contribution in [-0.2, 0) is 4.79 Å². The number of aromatic nitrogens is 1. The molecule has 0 saturated carbocycles. The van der Waals surface area contributed by atoms with Crippen molar-refractivity contribution in [3.05, 3.63) is 24.4 Å². The largest absolute Gasteiger partial charge is 0.474 e. The van der Waals surface area contributed by atoms with Crippen molar-refractivity contribution < 1.29 is 9.53 Å². The lowest BCUT2D eigenvalue weighted by Crippen LogP contribution is -2.45. The summed E-state index contributed by atoms with van der Waals surface area (Å²) >= 11 is 0. The number of rotatable bonds is 4. The van der Waals surface area contributed by atoms with Gasteiger partial charge in [-0.1, -0.05) is 13.0 Å². The van der Waals surface area contributed by atoms with Crippen LogP contribution in [0.1, 0.15) is 19.8 Å². The maximum Gasteiger partial charge on any atom is 0.226 e. The first-order chi connectivity index (χ1) is 9.20. The third-order valence-corrected chi connectivity index (χ3v) is 3.45. The molecular formula is C14H21N3O2. The maximum atomic E-state index is 12.0. The second-order valence-electron chi connectivity index (χ2n) is 4.95. The lowest BCUT2D eigenvalue weighted by atomic mass is 10.0. The monoisotopic (exact) mass is 263 g/mol. The molecule has 2 N–H and O–H groups in total. The van der Waals surface area contributed by atoms with E-state index in [1.807, 2.05) is 30.0 Å². The van der Waals surface area contributed by atoms with Crippen LogP contribution in [0.2, 0.25) is 0 Å². The minimum atomic E-state index is -0.0896. The van der Waals surface area contributed by atoms with Crippen molar-refractivity contribution in [1.29, 1.82) is 0 Å². The van der Waals surface area contributed by atoms with Gasteiger partial charge < -0.3 is 15.4 Å². The van der Waals surface area contributed by atoms with Crippen LogP contribution >= 0.6 is 0 Å². The second kappa shape index (κ2) is 6.52. The Hall–Kier alpha value is -1.62. The highest BCUT2D eigenvalue weighted by Gasteiger charge is 2.26. The molecule has 0 radical (unpaired) electrons. The summed E-state index contributed by atoms with van der Waals surface area (Å²) in [5.74, 6) is 0.717. The Kier molecular flexibility index (Phi) is 4.74. The van der Waals surface area contributed by atoms with Crippen molar-refractivity contribution in [2.75, 3.05) is 19.6 Å². The Morgan fingerprint density at radius 1 is 1.53 bits per heavy atom. The molecular weight excluding hydrogens is 242 g/mol. The summed E-state index contributed by atoms with van der Waals surface area (Å²) in [6.45, 7) is 3.75. The highest BCUT2D eigenvalue weighted by Crippen LogP contribution is 2.18. The molecule has 1 amide bonds. The average molecular weight is 263 g/mol. The molecule has 2 rings (SSSR count). The van der Waals surface area contributed by atoms with Crippen molar-refractivity contribution in [2.24, 2.45) is 11.7 Å². The van der Waals surface area contributed by atoms with Crippen LogP contribution in [0.4, 0.5) is 0 Å². The number of likely N-dealkylation sites (tertiary alicyclic amines) is 1. The van der Waals surface area contributed by atoms with Gasteiger partial charge in [0.05, 0.1) is 0 Å². The summed E-state index contributed by atoms with van der Waals surface area (Å²) in [4.78, 5) is 18.0. The molecule has 1 aromatic heterocycles. The van der Waals surface area contributed by atoms with Gasteiger partial charge in [0.15, 0.2) is 0 Å². The third-order valence-electron chi connectivity index (χ3n) is 3.45. The maximum absolute atomic E-state index is 12.0. The first-order valence-electron chi connectivity index (χ1n) is 6.77. The zero-order chi connectivity index (χ0) is 13.7. The molecule has 0 spiro atoms. The summed E-state index contributed by atoms with van der Waals surface area (Å²) in [6.07, 6.45) is 3.56. The minimum absolute atomic E-state index is 0.0896. The van der Waals surface area contributed by atoms with Crippen LogP contribution < -0.4 is 10.5 Å². The van der Waals surface area contributed by atoms with E-state index in [0.717, 1.165) is 25.9 Å². The minimum Gasteiger partial charge on any atom is -0.474 e. The zero-order valence-electron chi connectivity index (χ0n) is 11.3. The van der Waals surface area contributed by atoms with Crippen LogP contribution in [0.25, 0.3) is 0 Å². The number of nitrogens with zero attached hydrogens (tertiary/aromatic N) is 2. The van der Waals surface area contributed by atoms with Gasteiger partial charge in [0.2, 0.25) is 11.8 Å². The molecule has 1 saturated heterocycles. The molecule has 104 valence electrons. The Morgan fingerprint density at radius 2 is 2.26 bits per heavy atom. The van der Waals surface area contributed by atoms with Gasteiger partial charge in [-0.2, -0.15) is 0 Å². The SMILES string of the molecule is CC(CN)C(=O)N1CCC(Oc2ccccn2)CC1. The van der Waals surface area contributed by atoms with Gasteiger partial charge in [-0.15, -0.1) is 0 Å². The molecule has 1 aromatic rings. The average Bonchev–Trinajstić information content (AvgIpc) is 2.47. The quantitative estimate of drug-likeness (QED) is 0.881. The van der Waals surface area contributed by atoms with Gasteiger partial charge in [0.25, 0.3) is 0 Å². The molecule has 0 aliphatic carbocycles. The number of amides is 1. The number of carbonyl (C=O) groups is 1. The molecule has 2 heterocycles. The Morgan fingerprint density at radius 3 is 2.84 bits per heavy atom. The van der Waals surface area contributed by atoms with E-state index < -0.39 is 0 Å². The first kappa shape index (κ1) is 13.8. The van der Waals surface area contributed by atoms with E-state index in [4.69, 9.17) is 10.5 Å². The van der Waals surface area contributed by atoms with E-state index in [1.165, 1.54) is 0 Å². The molecule has 19 heavy (non-hydrogen) atoms. The molecule has 1 fully saturated rings. The van der Waals surface area contributed by atoms with E-state index in [9.17, 15) is 4.79 Å². The highest BCUT2D eigenvalue weighted by molar-refractivity contribution is 5.78. The molecule has 1 aliphatic heterocycles. The first-order valence-corrected chi connectivity index (χ1v) is 6.77. The summed E-state index contributed by atoms with van der Waals surface area (Å²) in [5, 5.41) is 0. The van der Waals surface area contributed by atoms with Gasteiger partial charge in [-0.05, 0) is 6.07 Å². The van der Waals surface area contributed by atoms with Crippen molar-refractivity contribution in [1.82, 2.24) is 9.88 Å². The highest BCUT2D eigenvalue weighted by atomic mass is 16.5. The van der Waals surface area contributed by atoms with Crippen molar-refractivity contribution in [3.63, 3.8) is 0 Å². The standard InChI is InChI=1S/C14H21N3O2/c1-11(10-15)14(18)17-8-5-12(6-9-17)19-13-4-2-3-7-16-13/h2-4,7,11-12H,5-6,8-10,15H2,1H3. The molecule has 5 nitrogen and oxygen atoms in total. The Labute approximate surface area is 113 Å². The fourth-order valence-corrected chi connectivity index (χ4v) is 2.19. The van der Waals surface area contributed by atoms with Crippen LogP contribution in [0.3, 0.4) is 0 Å². The summed E-state index contributed by atoms with van der Waals surface area (Å²) in [6, 6.07) is 5.63. The molecule has 1 unspecified atom stereocenters. The molecule has 5 heteroatoms. The molecule has 1 atom stereocenters. The zero-order valence-corrected chi connectivity index (χ0v) is 11.3. The summed E-state index contributed by atoms with van der Waals surface area (Å²) < 4.78 is 5.80. The number of pyridine rings is 1. The van der Waals surface area contributed by atoms with E-state index in [0.29, 0.717) is 12.4 Å². The Balaban J connectivity index is 1.81. The number of hydrogen-bond donors (Lipinski definition) is 1. The smallest absolute Gasteiger partial charge is 0.226 e. The molecule has 0 bridgehead atoms. The number of carbonyl (C=O) groups excluding carboxylic acids is 1. The normalized spacial score (nSPS) is 18.1. The van der Waals surface area contributed by atoms with E-state index in [1.54, 1.807) is 6.20 Å². The lowest BCUT2D eigenvalue weighted by molar-refractivity contribution is -0.136. The summed E-state index contributed by atoms with van der Waals surface area (Å²) in [7, 11) is 0. The van der Waals surface area contributed by atoms with Crippen LogP contribution in [0.5, 0.6) is 5.88 Å². The van der Waals surface area contributed by atoms with E-state index in [2.05, 4.69) is 4.98 Å². The fourth-order valence-electron chi connectivity index (χ4n) is 2.19. The van der Waals surface area contributed by atoms with Gasteiger partial charge in [0, 0.05) is 50.7 Å². The van der Waals surface area contributed by atoms with Gasteiger partial charge in [-0.25, -0.2) is 4.98 Å². The van der Waals surface area contributed by atoms with Gasteiger partial charge in [0.1, 0.15) is 6.10 Å². The van der Waals surface area contributed by atoms with E-state index in [-0.39, 0.29) is 17.9 Å². The third kappa shape index (κ3) is 3.67. The van der Waals surface area contributed by atoms with E-state index >= 15 is 0 Å². The second-order valence-corrected chi connectivity index (χ2v) is 4.95. The van der Waals surface area contributed by atoms with Crippen LogP contribution in [0.15, 0.2) is 24.4 Å². The predicted octanol–water partition coefficient (Wildman–Crippen LogP) is 1.05. The van der Waals surface area contributed by atoms with Gasteiger partial charge >= 0.3 is 0 Å². The van der Waals surface area contributed by atoms with Crippen molar-refractivity contribution >= 4 is 5.91 Å². The lowest BCUT2D eigenvalue weighted by Gasteiger charge is -2.33. The number of nitrogens with two attached hydrogens (primary N) is 1. The fraction of sp³-hybridized carbons (Fsp3) is 0.571. The molecule has 1 aliphatic rings. The van der Waals surface area contributed by atoms with Crippen molar-refractivity contribution in [3.8, 4) is 5.88 Å². The van der Waals surface area contributed by atoms with Crippen LogP contribution in [0, 0.1) is 5.92 Å². The Bertz CT molecular complexity index is 402. The van der Waals surface area contributed by atoms with Crippen molar-refractivity contribution in [2.45, 2.75) is 25.9 Å². The number of ether oxygens (including phenoxy) is 1. The predicted molar refractivity (Wildman–Crippen MR) is 72.7 cm³/mol.